The lowest BCUT2D eigenvalue weighted by molar-refractivity contribution is 0.441. The molecule has 1 aromatic rings. The second kappa shape index (κ2) is 3.55. The van der Waals surface area contributed by atoms with Gasteiger partial charge in [-0.25, -0.2) is 0 Å². The molecule has 1 aliphatic rings. The number of benzene rings is 1. The van der Waals surface area contributed by atoms with Crippen LogP contribution in [-0.2, 0) is 5.41 Å². The van der Waals surface area contributed by atoms with Gasteiger partial charge in [0.1, 0.15) is 0 Å². The van der Waals surface area contributed by atoms with Gasteiger partial charge in [0.15, 0.2) is 0 Å². The van der Waals surface area contributed by atoms with Crippen molar-refractivity contribution in [3.8, 4) is 0 Å². The monoisotopic (exact) mass is 203 g/mol. The summed E-state index contributed by atoms with van der Waals surface area (Å²) in [6.07, 6.45) is 1.22. The summed E-state index contributed by atoms with van der Waals surface area (Å²) in [5, 5.41) is 0. The maximum absolute atomic E-state index is 2.55. The Kier molecular flexibility index (Phi) is 2.49. The van der Waals surface area contributed by atoms with Crippen molar-refractivity contribution in [2.24, 2.45) is 0 Å². The van der Waals surface area contributed by atoms with E-state index in [2.05, 4.69) is 56.9 Å². The molecule has 1 heterocycles. The Morgan fingerprint density at radius 3 is 2.60 bits per heavy atom. The molecule has 82 valence electrons. The minimum absolute atomic E-state index is 0.283. The molecule has 15 heavy (non-hydrogen) atoms. The maximum atomic E-state index is 2.55. The standard InChI is InChI=1S/C14H21N/c1-5-10-15-11(2)14(3,4)12-8-6-7-9-13(12)15/h6-9,11H,5,10H2,1-4H3. The van der Waals surface area contributed by atoms with Crippen LogP contribution in [0.15, 0.2) is 24.3 Å². The first-order chi connectivity index (χ1) is 7.09. The van der Waals surface area contributed by atoms with Gasteiger partial charge in [-0.3, -0.25) is 0 Å². The number of hydrogen-bond acceptors (Lipinski definition) is 1. The van der Waals surface area contributed by atoms with E-state index < -0.39 is 0 Å². The first kappa shape index (κ1) is 10.5. The molecule has 0 saturated carbocycles. The highest BCUT2D eigenvalue weighted by Crippen LogP contribution is 2.44. The van der Waals surface area contributed by atoms with Gasteiger partial charge in [0.05, 0.1) is 0 Å². The van der Waals surface area contributed by atoms with E-state index in [1.165, 1.54) is 24.2 Å². The Hall–Kier alpha value is -0.980. The number of fused-ring (bicyclic) bond motifs is 1. The lowest BCUT2D eigenvalue weighted by Gasteiger charge is -2.31. The third kappa shape index (κ3) is 1.45. The second-order valence-corrected chi connectivity index (χ2v) is 5.11. The molecule has 2 rings (SSSR count). The molecule has 0 amide bonds. The van der Waals surface area contributed by atoms with Crippen molar-refractivity contribution in [1.82, 2.24) is 0 Å². The van der Waals surface area contributed by atoms with Crippen LogP contribution in [0.4, 0.5) is 5.69 Å². The normalized spacial score (nSPS) is 22.9. The number of nitrogens with zero attached hydrogens (tertiary/aromatic N) is 1. The predicted molar refractivity (Wildman–Crippen MR) is 66.6 cm³/mol. The third-order valence-electron chi connectivity index (χ3n) is 3.88. The molecular weight excluding hydrogens is 182 g/mol. The lowest BCUT2D eigenvalue weighted by Crippen LogP contribution is -2.39. The van der Waals surface area contributed by atoms with Crippen molar-refractivity contribution in [3.05, 3.63) is 29.8 Å². The van der Waals surface area contributed by atoms with Crippen LogP contribution in [0.5, 0.6) is 0 Å². The van der Waals surface area contributed by atoms with E-state index in [1.807, 2.05) is 0 Å². The van der Waals surface area contributed by atoms with E-state index in [0.29, 0.717) is 6.04 Å². The minimum Gasteiger partial charge on any atom is -0.368 e. The summed E-state index contributed by atoms with van der Waals surface area (Å²) in [4.78, 5) is 2.55. The molecule has 1 unspecified atom stereocenters. The van der Waals surface area contributed by atoms with E-state index in [0.717, 1.165) is 0 Å². The van der Waals surface area contributed by atoms with Gasteiger partial charge in [-0.2, -0.15) is 0 Å². The molecule has 0 saturated heterocycles. The van der Waals surface area contributed by atoms with Crippen LogP contribution in [0, 0.1) is 0 Å². The number of anilines is 1. The van der Waals surface area contributed by atoms with Crippen molar-refractivity contribution >= 4 is 5.69 Å². The molecule has 1 aromatic carbocycles. The van der Waals surface area contributed by atoms with E-state index in [9.17, 15) is 0 Å². The van der Waals surface area contributed by atoms with Gasteiger partial charge in [0, 0.05) is 23.7 Å². The van der Waals surface area contributed by atoms with E-state index >= 15 is 0 Å². The molecule has 0 spiro atoms. The van der Waals surface area contributed by atoms with Gasteiger partial charge in [-0.15, -0.1) is 0 Å². The number of rotatable bonds is 2. The molecule has 1 nitrogen and oxygen atoms in total. The quantitative estimate of drug-likeness (QED) is 0.710. The van der Waals surface area contributed by atoms with Gasteiger partial charge in [-0.05, 0) is 25.0 Å². The molecule has 0 bridgehead atoms. The fourth-order valence-electron chi connectivity index (χ4n) is 2.65. The van der Waals surface area contributed by atoms with Gasteiger partial charge in [0.25, 0.3) is 0 Å². The SMILES string of the molecule is CCCN1c2ccccc2C(C)(C)C1C. The first-order valence-corrected chi connectivity index (χ1v) is 5.95. The molecule has 0 N–H and O–H groups in total. The fraction of sp³-hybridized carbons (Fsp3) is 0.571. The zero-order valence-electron chi connectivity index (χ0n) is 10.2. The summed E-state index contributed by atoms with van der Waals surface area (Å²) in [6, 6.07) is 9.45. The van der Waals surface area contributed by atoms with Crippen molar-refractivity contribution in [1.29, 1.82) is 0 Å². The lowest BCUT2D eigenvalue weighted by atomic mass is 9.81. The highest BCUT2D eigenvalue weighted by atomic mass is 15.2. The maximum Gasteiger partial charge on any atom is 0.0407 e. The van der Waals surface area contributed by atoms with Crippen LogP contribution in [0.2, 0.25) is 0 Å². The van der Waals surface area contributed by atoms with Gasteiger partial charge < -0.3 is 4.90 Å². The summed E-state index contributed by atoms with van der Waals surface area (Å²) >= 11 is 0. The average Bonchev–Trinajstić information content (AvgIpc) is 2.42. The molecule has 1 aliphatic heterocycles. The van der Waals surface area contributed by atoms with Gasteiger partial charge in [-0.1, -0.05) is 39.0 Å². The molecule has 0 fully saturated rings. The largest absolute Gasteiger partial charge is 0.368 e. The smallest absolute Gasteiger partial charge is 0.0407 e. The Bertz CT molecular complexity index is 354. The summed E-state index contributed by atoms with van der Waals surface area (Å²) in [5.74, 6) is 0. The van der Waals surface area contributed by atoms with Gasteiger partial charge in [0.2, 0.25) is 0 Å². The van der Waals surface area contributed by atoms with E-state index in [-0.39, 0.29) is 5.41 Å². The average molecular weight is 203 g/mol. The highest BCUT2D eigenvalue weighted by molar-refractivity contribution is 5.63. The van der Waals surface area contributed by atoms with Crippen LogP contribution in [-0.4, -0.2) is 12.6 Å². The van der Waals surface area contributed by atoms with Crippen molar-refractivity contribution in [2.75, 3.05) is 11.4 Å². The van der Waals surface area contributed by atoms with Gasteiger partial charge >= 0.3 is 0 Å². The second-order valence-electron chi connectivity index (χ2n) is 5.11. The summed E-state index contributed by atoms with van der Waals surface area (Å²) < 4.78 is 0. The van der Waals surface area contributed by atoms with Crippen molar-refractivity contribution in [2.45, 2.75) is 45.6 Å². The predicted octanol–water partition coefficient (Wildman–Crippen LogP) is 3.58. The van der Waals surface area contributed by atoms with Crippen LogP contribution in [0.1, 0.15) is 39.7 Å². The Morgan fingerprint density at radius 2 is 1.93 bits per heavy atom. The van der Waals surface area contributed by atoms with Crippen molar-refractivity contribution in [3.63, 3.8) is 0 Å². The van der Waals surface area contributed by atoms with Crippen LogP contribution < -0.4 is 4.90 Å². The zero-order chi connectivity index (χ0) is 11.1. The molecule has 1 atom stereocenters. The summed E-state index contributed by atoms with van der Waals surface area (Å²) in [5.41, 5.74) is 3.23. The minimum atomic E-state index is 0.283. The zero-order valence-corrected chi connectivity index (χ0v) is 10.2. The first-order valence-electron chi connectivity index (χ1n) is 5.95. The third-order valence-corrected chi connectivity index (χ3v) is 3.88. The molecule has 1 heteroatoms. The molecular formula is C14H21N. The highest BCUT2D eigenvalue weighted by Gasteiger charge is 2.40. The van der Waals surface area contributed by atoms with E-state index in [4.69, 9.17) is 0 Å². The molecule has 0 aromatic heterocycles. The Labute approximate surface area is 93.1 Å². The van der Waals surface area contributed by atoms with Crippen LogP contribution >= 0.6 is 0 Å². The van der Waals surface area contributed by atoms with Crippen molar-refractivity contribution < 1.29 is 0 Å². The number of hydrogen-bond donors (Lipinski definition) is 0. The van der Waals surface area contributed by atoms with E-state index in [1.54, 1.807) is 0 Å². The van der Waals surface area contributed by atoms with Crippen LogP contribution in [0.3, 0.4) is 0 Å². The Balaban J connectivity index is 2.47. The molecule has 0 aliphatic carbocycles. The summed E-state index contributed by atoms with van der Waals surface area (Å²) in [7, 11) is 0. The summed E-state index contributed by atoms with van der Waals surface area (Å²) in [6.45, 7) is 10.5. The number of para-hydroxylation sites is 1. The van der Waals surface area contributed by atoms with Crippen LogP contribution in [0.25, 0.3) is 0 Å². The Morgan fingerprint density at radius 1 is 1.27 bits per heavy atom. The fourth-order valence-corrected chi connectivity index (χ4v) is 2.65. The molecule has 0 radical (unpaired) electrons. The topological polar surface area (TPSA) is 3.24 Å².